The number of nitrogens with one attached hydrogen (secondary N) is 2. The second-order valence-electron chi connectivity index (χ2n) is 12.1. The van der Waals surface area contributed by atoms with Crippen LogP contribution in [-0.2, 0) is 14.8 Å². The highest BCUT2D eigenvalue weighted by molar-refractivity contribution is 7.88. The summed E-state index contributed by atoms with van der Waals surface area (Å²) >= 11 is 6.65. The molecule has 0 atom stereocenters. The van der Waals surface area contributed by atoms with Gasteiger partial charge in [-0.25, -0.2) is 18.2 Å². The molecule has 0 unspecified atom stereocenters. The predicted molar refractivity (Wildman–Crippen MR) is 164 cm³/mol. The molecule has 0 radical (unpaired) electrons. The first kappa shape index (κ1) is 31.3. The number of likely N-dealkylation sites (tertiary alicyclic amines) is 1. The van der Waals surface area contributed by atoms with Crippen molar-refractivity contribution >= 4 is 50.7 Å². The molecule has 0 saturated carbocycles. The van der Waals surface area contributed by atoms with Crippen molar-refractivity contribution < 1.29 is 17.9 Å². The van der Waals surface area contributed by atoms with Gasteiger partial charge in [0.2, 0.25) is 16.0 Å². The number of anilines is 4. The Morgan fingerprint density at radius 3 is 2.32 bits per heavy atom. The number of benzene rings is 1. The number of carbonyl (C=O) groups is 1. The molecule has 2 aliphatic heterocycles. The van der Waals surface area contributed by atoms with Crippen LogP contribution < -0.4 is 15.5 Å². The molecule has 2 fully saturated rings. The highest BCUT2D eigenvalue weighted by Crippen LogP contribution is 2.38. The molecule has 2 aliphatic rings. The minimum Gasteiger partial charge on any atom is -0.462 e. The Labute approximate surface area is 248 Å². The first-order valence-electron chi connectivity index (χ1n) is 13.9. The van der Waals surface area contributed by atoms with Crippen LogP contribution in [-0.4, -0.2) is 96.8 Å². The Hall–Kier alpha value is -2.67. The van der Waals surface area contributed by atoms with Crippen LogP contribution >= 0.6 is 11.6 Å². The van der Waals surface area contributed by atoms with E-state index in [0.29, 0.717) is 48.7 Å². The van der Waals surface area contributed by atoms with Crippen molar-refractivity contribution in [2.24, 2.45) is 0 Å². The predicted octanol–water partition coefficient (Wildman–Crippen LogP) is 4.20. The smallest absolute Gasteiger partial charge is 0.343 e. The molecule has 2 aromatic rings. The maximum absolute atomic E-state index is 12.8. The van der Waals surface area contributed by atoms with Gasteiger partial charge in [-0.05, 0) is 72.7 Å². The van der Waals surface area contributed by atoms with Crippen LogP contribution in [0.1, 0.15) is 57.8 Å². The van der Waals surface area contributed by atoms with Gasteiger partial charge < -0.3 is 20.3 Å². The van der Waals surface area contributed by atoms with Crippen molar-refractivity contribution in [2.45, 2.75) is 64.6 Å². The lowest BCUT2D eigenvalue weighted by molar-refractivity contribution is -0.00773. The Balaban J connectivity index is 1.53. The van der Waals surface area contributed by atoms with Crippen molar-refractivity contribution in [1.82, 2.24) is 19.2 Å². The summed E-state index contributed by atoms with van der Waals surface area (Å²) in [6.45, 7) is 12.8. The van der Waals surface area contributed by atoms with Crippen LogP contribution in [0.2, 0.25) is 5.02 Å². The molecule has 1 aromatic heterocycles. The molecule has 226 valence electrons. The quantitative estimate of drug-likeness (QED) is 0.423. The summed E-state index contributed by atoms with van der Waals surface area (Å²) in [6, 6.07) is 5.65. The average Bonchev–Trinajstić information content (AvgIpc) is 2.87. The van der Waals surface area contributed by atoms with Gasteiger partial charge in [0, 0.05) is 55.2 Å². The third kappa shape index (κ3) is 7.22. The van der Waals surface area contributed by atoms with Gasteiger partial charge in [0.25, 0.3) is 0 Å². The van der Waals surface area contributed by atoms with Crippen LogP contribution in [0, 0.1) is 0 Å². The van der Waals surface area contributed by atoms with E-state index >= 15 is 0 Å². The summed E-state index contributed by atoms with van der Waals surface area (Å²) in [7, 11) is -1.06. The average molecular weight is 608 g/mol. The number of piperidine rings is 1. The van der Waals surface area contributed by atoms with Gasteiger partial charge in [0.1, 0.15) is 11.4 Å². The van der Waals surface area contributed by atoms with Gasteiger partial charge in [-0.1, -0.05) is 11.6 Å². The Morgan fingerprint density at radius 1 is 1.12 bits per heavy atom. The largest absolute Gasteiger partial charge is 0.462 e. The van der Waals surface area contributed by atoms with Gasteiger partial charge in [-0.2, -0.15) is 9.29 Å². The fourth-order valence-corrected chi connectivity index (χ4v) is 6.93. The number of rotatable bonds is 8. The number of nitrogens with zero attached hydrogens (tertiary/aromatic N) is 5. The Kier molecular flexibility index (Phi) is 9.08. The number of aromatic nitrogens is 2. The van der Waals surface area contributed by atoms with Crippen molar-refractivity contribution in [3.63, 3.8) is 0 Å². The third-order valence-corrected chi connectivity index (χ3v) is 9.79. The molecule has 11 nitrogen and oxygen atoms in total. The van der Waals surface area contributed by atoms with E-state index in [9.17, 15) is 13.2 Å². The van der Waals surface area contributed by atoms with Gasteiger partial charge in [0.15, 0.2) is 0 Å². The van der Waals surface area contributed by atoms with E-state index in [1.165, 1.54) is 16.8 Å². The molecule has 0 amide bonds. The van der Waals surface area contributed by atoms with Crippen LogP contribution in [0.4, 0.5) is 23.1 Å². The van der Waals surface area contributed by atoms with Gasteiger partial charge in [0.05, 0.1) is 23.6 Å². The van der Waals surface area contributed by atoms with Crippen molar-refractivity contribution in [1.29, 1.82) is 0 Å². The molecule has 0 aliphatic carbocycles. The van der Waals surface area contributed by atoms with Crippen molar-refractivity contribution in [2.75, 3.05) is 61.6 Å². The lowest BCUT2D eigenvalue weighted by atomic mass is 9.77. The number of carbonyl (C=O) groups excluding carboxylic acids is 1. The summed E-state index contributed by atoms with van der Waals surface area (Å²) in [6.07, 6.45) is 4.46. The zero-order valence-corrected chi connectivity index (χ0v) is 26.6. The standard InChI is InChI=1S/C28H42ClN7O4S/c1-8-40-25(37)21-18-30-26(33-24(21)31-20-16-27(2,3)34(6)28(4,5)17-20)32-19-9-10-23(22(29)15-19)35-11-13-36(14-12-35)41(7,38)39/h9-10,15,18,20H,8,11-14,16-17H2,1-7H3,(H2,30,31,32,33). The van der Waals surface area contributed by atoms with E-state index in [1.807, 2.05) is 12.1 Å². The lowest BCUT2D eigenvalue weighted by Gasteiger charge is -2.53. The number of hydrogen-bond donors (Lipinski definition) is 2. The second kappa shape index (κ2) is 11.9. The number of esters is 1. The van der Waals surface area contributed by atoms with E-state index in [-0.39, 0.29) is 29.3 Å². The highest BCUT2D eigenvalue weighted by atomic mass is 35.5. The molecule has 3 heterocycles. The molecular weight excluding hydrogens is 566 g/mol. The molecule has 4 rings (SSSR count). The molecular formula is C28H42ClN7O4S. The second-order valence-corrected chi connectivity index (χ2v) is 14.4. The highest BCUT2D eigenvalue weighted by Gasteiger charge is 2.43. The Morgan fingerprint density at radius 2 is 1.76 bits per heavy atom. The summed E-state index contributed by atoms with van der Waals surface area (Å²) in [4.78, 5) is 26.3. The Bertz CT molecular complexity index is 1360. The number of halogens is 1. The normalized spacial score (nSPS) is 20.0. The number of ether oxygens (including phenoxy) is 1. The number of sulfonamides is 1. The fraction of sp³-hybridized carbons (Fsp3) is 0.607. The maximum atomic E-state index is 12.8. The fourth-order valence-electron chi connectivity index (χ4n) is 5.81. The first-order chi connectivity index (χ1) is 19.1. The van der Waals surface area contributed by atoms with Gasteiger partial charge in [-0.15, -0.1) is 0 Å². The van der Waals surface area contributed by atoms with E-state index < -0.39 is 16.0 Å². The van der Waals surface area contributed by atoms with Crippen molar-refractivity contribution in [3.8, 4) is 0 Å². The van der Waals surface area contributed by atoms with Crippen molar-refractivity contribution in [3.05, 3.63) is 35.0 Å². The van der Waals surface area contributed by atoms with Gasteiger partial charge >= 0.3 is 5.97 Å². The zero-order chi connectivity index (χ0) is 30.2. The third-order valence-electron chi connectivity index (χ3n) is 8.18. The molecule has 1 aromatic carbocycles. The molecule has 0 bridgehead atoms. The van der Waals surface area contributed by atoms with E-state index in [1.54, 1.807) is 13.0 Å². The number of hydrogen-bond acceptors (Lipinski definition) is 10. The van der Waals surface area contributed by atoms with Gasteiger partial charge in [-0.3, -0.25) is 4.90 Å². The summed E-state index contributed by atoms with van der Waals surface area (Å²) in [5.74, 6) is 0.266. The van der Waals surface area contributed by atoms with Crippen LogP contribution in [0.5, 0.6) is 0 Å². The molecule has 41 heavy (non-hydrogen) atoms. The maximum Gasteiger partial charge on any atom is 0.343 e. The van der Waals surface area contributed by atoms with Crippen LogP contribution in [0.25, 0.3) is 0 Å². The lowest BCUT2D eigenvalue weighted by Crippen LogP contribution is -2.61. The van der Waals surface area contributed by atoms with E-state index in [0.717, 1.165) is 18.5 Å². The summed E-state index contributed by atoms with van der Waals surface area (Å²) < 4.78 is 30.4. The zero-order valence-electron chi connectivity index (χ0n) is 25.0. The van der Waals surface area contributed by atoms with Crippen LogP contribution in [0.3, 0.4) is 0 Å². The molecule has 13 heteroatoms. The number of piperazine rings is 1. The van der Waals surface area contributed by atoms with E-state index in [4.69, 9.17) is 16.3 Å². The summed E-state index contributed by atoms with van der Waals surface area (Å²) in [5.41, 5.74) is 1.71. The molecule has 2 N–H and O–H groups in total. The minimum absolute atomic E-state index is 0.0481. The molecule has 0 spiro atoms. The van der Waals surface area contributed by atoms with Crippen LogP contribution in [0.15, 0.2) is 24.4 Å². The topological polar surface area (TPSA) is 120 Å². The minimum atomic E-state index is -3.21. The SMILES string of the molecule is CCOC(=O)c1cnc(Nc2ccc(N3CCN(S(C)(=O)=O)CC3)c(Cl)c2)nc1NC1CC(C)(C)N(C)C(C)(C)C1. The summed E-state index contributed by atoms with van der Waals surface area (Å²) in [5, 5.41) is 7.26. The first-order valence-corrected chi connectivity index (χ1v) is 16.1. The van der Waals surface area contributed by atoms with E-state index in [2.05, 4.69) is 65.1 Å². The monoisotopic (exact) mass is 607 g/mol. The molecule has 2 saturated heterocycles.